The molecule has 0 aromatic heterocycles. The first-order chi connectivity index (χ1) is 6.65. The van der Waals surface area contributed by atoms with Gasteiger partial charge in [-0.25, -0.2) is 8.78 Å². The molecule has 0 saturated heterocycles. The minimum absolute atomic E-state index is 0.355. The number of halogens is 2. The average Bonchev–Trinajstić information content (AvgIpc) is 2.14. The highest BCUT2D eigenvalue weighted by atomic mass is 19.1. The molecule has 0 aliphatic rings. The fourth-order valence-corrected chi connectivity index (χ4v) is 1.26. The minimum Gasteiger partial charge on any atom is -0.324 e. The van der Waals surface area contributed by atoms with Gasteiger partial charge in [0, 0.05) is 17.7 Å². The normalized spacial score (nSPS) is 12.5. The summed E-state index contributed by atoms with van der Waals surface area (Å²) < 4.78 is 25.7. The Morgan fingerprint density at radius 1 is 1.43 bits per heavy atom. The third kappa shape index (κ3) is 2.64. The monoisotopic (exact) mass is 197 g/mol. The van der Waals surface area contributed by atoms with Crippen LogP contribution in [-0.2, 0) is 0 Å². The lowest BCUT2D eigenvalue weighted by atomic mass is 10.0. The van der Waals surface area contributed by atoms with E-state index in [0.717, 1.165) is 12.5 Å². The number of hydrogen-bond donors (Lipinski definition) is 1. The Bertz CT molecular complexity index is 323. The molecule has 1 atom stereocenters. The third-order valence-electron chi connectivity index (χ3n) is 2.04. The van der Waals surface area contributed by atoms with Crippen molar-refractivity contribution in [2.24, 2.45) is 5.73 Å². The zero-order valence-electron chi connectivity index (χ0n) is 7.84. The Kier molecular flexibility index (Phi) is 3.77. The van der Waals surface area contributed by atoms with Crippen LogP contribution in [0.1, 0.15) is 24.4 Å². The molecule has 1 rings (SSSR count). The van der Waals surface area contributed by atoms with Gasteiger partial charge in [-0.15, -0.1) is 6.58 Å². The highest BCUT2D eigenvalue weighted by Crippen LogP contribution is 2.19. The second kappa shape index (κ2) is 4.86. The maximum atomic E-state index is 13.2. The van der Waals surface area contributed by atoms with E-state index < -0.39 is 17.7 Å². The molecule has 0 saturated carbocycles. The van der Waals surface area contributed by atoms with Crippen molar-refractivity contribution in [3.63, 3.8) is 0 Å². The van der Waals surface area contributed by atoms with Crippen molar-refractivity contribution in [1.82, 2.24) is 0 Å². The molecule has 0 aliphatic heterocycles. The van der Waals surface area contributed by atoms with Crippen LogP contribution in [0.4, 0.5) is 8.78 Å². The van der Waals surface area contributed by atoms with Crippen LogP contribution >= 0.6 is 0 Å². The predicted octanol–water partition coefficient (Wildman–Crippen LogP) is 2.93. The molecule has 76 valence electrons. The Balaban J connectivity index is 2.78. The lowest BCUT2D eigenvalue weighted by molar-refractivity contribution is 0.545. The first kappa shape index (κ1) is 10.9. The molecule has 14 heavy (non-hydrogen) atoms. The molecule has 1 aromatic carbocycles. The van der Waals surface area contributed by atoms with Crippen LogP contribution in [0.15, 0.2) is 30.9 Å². The molecule has 1 aromatic rings. The van der Waals surface area contributed by atoms with E-state index in [1.54, 1.807) is 6.08 Å². The van der Waals surface area contributed by atoms with E-state index in [1.807, 2.05) is 0 Å². The summed E-state index contributed by atoms with van der Waals surface area (Å²) in [4.78, 5) is 0. The van der Waals surface area contributed by atoms with Crippen LogP contribution in [0.3, 0.4) is 0 Å². The Labute approximate surface area is 82.2 Å². The van der Waals surface area contributed by atoms with Gasteiger partial charge < -0.3 is 5.73 Å². The number of allylic oxidation sites excluding steroid dienone is 1. The van der Waals surface area contributed by atoms with E-state index in [-0.39, 0.29) is 0 Å². The van der Waals surface area contributed by atoms with Crippen molar-refractivity contribution in [3.05, 3.63) is 48.1 Å². The first-order valence-corrected chi connectivity index (χ1v) is 4.46. The standard InChI is InChI=1S/C11H13F2N/c1-2-3-4-11(14)9-6-5-8(12)7-10(9)13/h2,5-7,11H,1,3-4,14H2/t11-/m1/s1. The number of benzene rings is 1. The maximum Gasteiger partial charge on any atom is 0.130 e. The number of hydrogen-bond acceptors (Lipinski definition) is 1. The van der Waals surface area contributed by atoms with Gasteiger partial charge in [0.1, 0.15) is 11.6 Å². The molecule has 1 nitrogen and oxygen atoms in total. The first-order valence-electron chi connectivity index (χ1n) is 4.46. The smallest absolute Gasteiger partial charge is 0.130 e. The zero-order valence-corrected chi connectivity index (χ0v) is 7.84. The lowest BCUT2D eigenvalue weighted by Gasteiger charge is -2.11. The van der Waals surface area contributed by atoms with E-state index >= 15 is 0 Å². The van der Waals surface area contributed by atoms with E-state index in [2.05, 4.69) is 6.58 Å². The Morgan fingerprint density at radius 2 is 2.14 bits per heavy atom. The van der Waals surface area contributed by atoms with Crippen LogP contribution in [0.5, 0.6) is 0 Å². The summed E-state index contributed by atoms with van der Waals surface area (Å²) in [6.07, 6.45) is 3.06. The summed E-state index contributed by atoms with van der Waals surface area (Å²) in [7, 11) is 0. The van der Waals surface area contributed by atoms with E-state index in [4.69, 9.17) is 5.73 Å². The molecular weight excluding hydrogens is 184 g/mol. The van der Waals surface area contributed by atoms with Gasteiger partial charge in [-0.2, -0.15) is 0 Å². The van der Waals surface area contributed by atoms with Crippen molar-refractivity contribution in [3.8, 4) is 0 Å². The SMILES string of the molecule is C=CCC[C@@H](N)c1ccc(F)cc1F. The van der Waals surface area contributed by atoms with Gasteiger partial charge in [0.15, 0.2) is 0 Å². The highest BCUT2D eigenvalue weighted by Gasteiger charge is 2.10. The summed E-state index contributed by atoms with van der Waals surface area (Å²) in [5.74, 6) is -1.16. The summed E-state index contributed by atoms with van der Waals surface area (Å²) in [6.45, 7) is 3.55. The molecule has 3 heteroatoms. The molecule has 0 aliphatic carbocycles. The van der Waals surface area contributed by atoms with Crippen LogP contribution in [0, 0.1) is 11.6 Å². The lowest BCUT2D eigenvalue weighted by Crippen LogP contribution is -2.11. The fourth-order valence-electron chi connectivity index (χ4n) is 1.26. The van der Waals surface area contributed by atoms with Crippen molar-refractivity contribution in [1.29, 1.82) is 0 Å². The van der Waals surface area contributed by atoms with Crippen LogP contribution in [0.2, 0.25) is 0 Å². The summed E-state index contributed by atoms with van der Waals surface area (Å²) in [5.41, 5.74) is 6.08. The van der Waals surface area contributed by atoms with E-state index in [9.17, 15) is 8.78 Å². The molecule has 0 amide bonds. The van der Waals surface area contributed by atoms with Crippen molar-refractivity contribution in [2.75, 3.05) is 0 Å². The van der Waals surface area contributed by atoms with Crippen molar-refractivity contribution >= 4 is 0 Å². The van der Waals surface area contributed by atoms with E-state index in [1.165, 1.54) is 12.1 Å². The molecule has 0 bridgehead atoms. The van der Waals surface area contributed by atoms with Crippen LogP contribution in [-0.4, -0.2) is 0 Å². The largest absolute Gasteiger partial charge is 0.324 e. The summed E-state index contributed by atoms with van der Waals surface area (Å²) in [6, 6.07) is 3.06. The van der Waals surface area contributed by atoms with Gasteiger partial charge in [0.05, 0.1) is 0 Å². The zero-order chi connectivity index (χ0) is 10.6. The van der Waals surface area contributed by atoms with Gasteiger partial charge in [-0.3, -0.25) is 0 Å². The second-order valence-electron chi connectivity index (χ2n) is 3.14. The quantitative estimate of drug-likeness (QED) is 0.738. The van der Waals surface area contributed by atoms with Gasteiger partial charge in [0.25, 0.3) is 0 Å². The molecule has 0 radical (unpaired) electrons. The summed E-state index contributed by atoms with van der Waals surface area (Å²) in [5, 5.41) is 0. The molecule has 0 heterocycles. The molecule has 0 fully saturated rings. The Morgan fingerprint density at radius 3 is 2.71 bits per heavy atom. The molecular formula is C11H13F2N. The number of nitrogens with two attached hydrogens (primary N) is 1. The second-order valence-corrected chi connectivity index (χ2v) is 3.14. The number of rotatable bonds is 4. The topological polar surface area (TPSA) is 26.0 Å². The van der Waals surface area contributed by atoms with Gasteiger partial charge in [-0.05, 0) is 18.9 Å². The third-order valence-corrected chi connectivity index (χ3v) is 2.04. The minimum atomic E-state index is -0.582. The predicted molar refractivity (Wildman–Crippen MR) is 52.7 cm³/mol. The van der Waals surface area contributed by atoms with Crippen molar-refractivity contribution in [2.45, 2.75) is 18.9 Å². The molecule has 0 spiro atoms. The summed E-state index contributed by atoms with van der Waals surface area (Å²) >= 11 is 0. The Hall–Kier alpha value is -1.22. The average molecular weight is 197 g/mol. The maximum absolute atomic E-state index is 13.2. The van der Waals surface area contributed by atoms with Gasteiger partial charge >= 0.3 is 0 Å². The van der Waals surface area contributed by atoms with Crippen LogP contribution in [0.25, 0.3) is 0 Å². The highest BCUT2D eigenvalue weighted by molar-refractivity contribution is 5.21. The van der Waals surface area contributed by atoms with Gasteiger partial charge in [-0.1, -0.05) is 12.1 Å². The van der Waals surface area contributed by atoms with Crippen molar-refractivity contribution < 1.29 is 8.78 Å². The van der Waals surface area contributed by atoms with Gasteiger partial charge in [0.2, 0.25) is 0 Å². The van der Waals surface area contributed by atoms with Crippen LogP contribution < -0.4 is 5.73 Å². The van der Waals surface area contributed by atoms with E-state index in [0.29, 0.717) is 12.0 Å². The molecule has 0 unspecified atom stereocenters. The molecule has 2 N–H and O–H groups in total. The fraction of sp³-hybridized carbons (Fsp3) is 0.273.